The minimum Gasteiger partial charge on any atom is -0.530 e. The number of carbonyl (C=O) groups excluding carboxylic acids is 2. The largest absolute Gasteiger partial charge is 1.00 e. The fourth-order valence-corrected chi connectivity index (χ4v) is 0.546. The second-order valence-corrected chi connectivity index (χ2v) is 1.73. The molecule has 2 amide bonds. The molecule has 1 saturated heterocycles. The maximum Gasteiger partial charge on any atom is 1.00 e. The number of amides is 2. The summed E-state index contributed by atoms with van der Waals surface area (Å²) in [6, 6.07) is -0.588. The van der Waals surface area contributed by atoms with Crippen LogP contribution in [0.4, 0.5) is 4.79 Å². The zero-order chi connectivity index (χ0) is 6.85. The van der Waals surface area contributed by atoms with E-state index in [1.54, 1.807) is 0 Å². The number of nitrogens with one attached hydrogen (secondary N) is 2. The maximum atomic E-state index is 10.3. The molecular weight excluding hydrogens is 147 g/mol. The van der Waals surface area contributed by atoms with Crippen molar-refractivity contribution < 1.29 is 44.3 Å². The molecule has 0 unspecified atom stereocenters. The van der Waals surface area contributed by atoms with Crippen molar-refractivity contribution in [2.45, 2.75) is 6.04 Å². The molecule has 0 aromatic rings. The Kier molecular flexibility index (Phi) is 3.70. The summed E-state index contributed by atoms with van der Waals surface area (Å²) in [7, 11) is 0. The summed E-state index contributed by atoms with van der Waals surface area (Å²) in [5.41, 5.74) is 0. The Bertz CT molecular complexity index is 161. The molecule has 2 N–H and O–H groups in total. The molecule has 1 aliphatic heterocycles. The molecule has 0 aromatic carbocycles. The monoisotopic (exact) mass is 152 g/mol. The van der Waals surface area contributed by atoms with E-state index in [1.807, 2.05) is 5.32 Å². The number of hydrogen-bond acceptors (Lipinski definition) is 3. The van der Waals surface area contributed by atoms with E-state index in [9.17, 15) is 14.7 Å². The molecule has 50 valence electrons. The topological polar surface area (TPSA) is 81.3 Å². The van der Waals surface area contributed by atoms with Crippen LogP contribution >= 0.6 is 0 Å². The van der Waals surface area contributed by atoms with Crippen molar-refractivity contribution in [1.82, 2.24) is 10.6 Å². The van der Waals surface area contributed by atoms with E-state index in [2.05, 4.69) is 5.32 Å². The quantitative estimate of drug-likeness (QED) is 0.290. The van der Waals surface area contributed by atoms with Gasteiger partial charge in [-0.2, -0.15) is 0 Å². The van der Waals surface area contributed by atoms with Gasteiger partial charge in [0.25, 0.3) is 0 Å². The van der Waals surface area contributed by atoms with Gasteiger partial charge in [0.15, 0.2) is 0 Å². The minimum atomic E-state index is -1.41. The fraction of sp³-hybridized carbons (Fsp3) is 0.500. The Hall–Kier alpha value is -0.260. The average molecular weight is 152 g/mol. The van der Waals surface area contributed by atoms with Crippen molar-refractivity contribution >= 4 is 12.0 Å². The summed E-state index contributed by atoms with van der Waals surface area (Å²) in [5, 5.41) is 14.0. The van der Waals surface area contributed by atoms with Crippen molar-refractivity contribution in [1.29, 1.82) is 0 Å². The van der Waals surface area contributed by atoms with Gasteiger partial charge in [-0.1, -0.05) is 0 Å². The van der Waals surface area contributed by atoms with Crippen molar-refractivity contribution in [2.75, 3.05) is 6.54 Å². The van der Waals surface area contributed by atoms with E-state index in [4.69, 9.17) is 0 Å². The molecule has 1 aliphatic rings. The Balaban J connectivity index is 0.000000810. The van der Waals surface area contributed by atoms with Gasteiger partial charge in [0, 0.05) is 6.54 Å². The number of β-lactam (4-membered cyclic amide) rings is 1. The molecule has 1 rings (SSSR count). The molecule has 1 atom stereocenters. The van der Waals surface area contributed by atoms with Crippen LogP contribution in [0.2, 0.25) is 0 Å². The average Bonchev–Trinajstić information content (AvgIpc) is 1.79. The number of hydrogen-bond donors (Lipinski definition) is 2. The maximum absolute atomic E-state index is 10.3. The normalized spacial score (nSPS) is 21.6. The van der Waals surface area contributed by atoms with Gasteiger partial charge in [-0.3, -0.25) is 4.79 Å². The van der Waals surface area contributed by atoms with Crippen LogP contribution in [0.1, 0.15) is 0 Å². The van der Waals surface area contributed by atoms with E-state index in [0.717, 1.165) is 0 Å². The van der Waals surface area contributed by atoms with E-state index < -0.39 is 12.1 Å². The predicted molar refractivity (Wildman–Crippen MR) is 25.3 cm³/mol. The molecule has 0 aliphatic carbocycles. The van der Waals surface area contributed by atoms with Gasteiger partial charge in [0.1, 0.15) is 12.1 Å². The summed E-state index contributed by atoms with van der Waals surface area (Å²) in [6.07, 6.45) is -1.41. The molecule has 5 nitrogen and oxygen atoms in total. The standard InChI is InChI=1S/C4H6N2O3.Na/c7-3-2(1-5-3)6-4(8)9;/h2,6H,1H2,(H,5,7)(H,8,9);/q;+1/p-1/t2-;/m0./s1. The summed E-state index contributed by atoms with van der Waals surface area (Å²) >= 11 is 0. The second-order valence-electron chi connectivity index (χ2n) is 1.73. The van der Waals surface area contributed by atoms with Crippen LogP contribution in [-0.2, 0) is 4.79 Å². The van der Waals surface area contributed by atoms with Gasteiger partial charge in [-0.05, 0) is 0 Å². The smallest absolute Gasteiger partial charge is 0.530 e. The van der Waals surface area contributed by atoms with E-state index in [0.29, 0.717) is 6.54 Å². The minimum absolute atomic E-state index is 0. The first-order chi connectivity index (χ1) is 4.20. The molecule has 1 fully saturated rings. The van der Waals surface area contributed by atoms with Gasteiger partial charge < -0.3 is 20.5 Å². The molecule has 0 spiro atoms. The molecule has 1 heterocycles. The zero-order valence-corrected chi connectivity index (χ0v) is 7.51. The number of carbonyl (C=O) groups is 2. The van der Waals surface area contributed by atoms with Crippen LogP contribution in [-0.4, -0.2) is 24.6 Å². The number of rotatable bonds is 1. The molecule has 0 radical (unpaired) electrons. The van der Waals surface area contributed by atoms with Gasteiger partial charge in [0.2, 0.25) is 5.91 Å². The van der Waals surface area contributed by atoms with E-state index >= 15 is 0 Å². The van der Waals surface area contributed by atoms with Crippen LogP contribution in [0.5, 0.6) is 0 Å². The first-order valence-electron chi connectivity index (χ1n) is 2.45. The van der Waals surface area contributed by atoms with E-state index in [-0.39, 0.29) is 35.5 Å². The van der Waals surface area contributed by atoms with Crippen LogP contribution < -0.4 is 45.3 Å². The van der Waals surface area contributed by atoms with Crippen molar-refractivity contribution in [2.24, 2.45) is 0 Å². The van der Waals surface area contributed by atoms with Gasteiger partial charge in [-0.15, -0.1) is 0 Å². The third kappa shape index (κ3) is 2.17. The van der Waals surface area contributed by atoms with Crippen molar-refractivity contribution in [3.05, 3.63) is 0 Å². The van der Waals surface area contributed by atoms with Crippen LogP contribution in [0, 0.1) is 0 Å². The molecule has 0 aromatic heterocycles. The van der Waals surface area contributed by atoms with Gasteiger partial charge in [0.05, 0.1) is 0 Å². The second kappa shape index (κ2) is 3.80. The summed E-state index contributed by atoms with van der Waals surface area (Å²) in [6.45, 7) is 0.368. The van der Waals surface area contributed by atoms with Crippen molar-refractivity contribution in [3.8, 4) is 0 Å². The van der Waals surface area contributed by atoms with Crippen LogP contribution in [0.15, 0.2) is 0 Å². The Morgan fingerprint density at radius 1 is 1.80 bits per heavy atom. The fourth-order valence-electron chi connectivity index (χ4n) is 0.546. The van der Waals surface area contributed by atoms with Crippen LogP contribution in [0.25, 0.3) is 0 Å². The summed E-state index contributed by atoms with van der Waals surface area (Å²) < 4.78 is 0. The molecular formula is C4H5N2NaO3. The Morgan fingerprint density at radius 3 is 2.50 bits per heavy atom. The summed E-state index contributed by atoms with van der Waals surface area (Å²) in [5.74, 6) is -0.292. The molecule has 0 bridgehead atoms. The third-order valence-corrected chi connectivity index (χ3v) is 1.09. The first kappa shape index (κ1) is 9.74. The van der Waals surface area contributed by atoms with Crippen molar-refractivity contribution in [3.63, 3.8) is 0 Å². The molecule has 0 saturated carbocycles. The van der Waals surface area contributed by atoms with Gasteiger partial charge >= 0.3 is 29.6 Å². The van der Waals surface area contributed by atoms with E-state index in [1.165, 1.54) is 0 Å². The Labute approximate surface area is 79.5 Å². The third-order valence-electron chi connectivity index (χ3n) is 1.09. The van der Waals surface area contributed by atoms with Crippen LogP contribution in [0.3, 0.4) is 0 Å². The van der Waals surface area contributed by atoms with Gasteiger partial charge in [-0.25, -0.2) is 0 Å². The molecule has 10 heavy (non-hydrogen) atoms. The zero-order valence-electron chi connectivity index (χ0n) is 5.51. The number of carboxylic acid groups (broad SMARTS) is 1. The SMILES string of the molecule is O=C([O-])N[C@H]1CNC1=O.[Na+]. The predicted octanol–water partition coefficient (Wildman–Crippen LogP) is -5.58. The first-order valence-corrected chi connectivity index (χ1v) is 2.45. The molecule has 6 heteroatoms. The Morgan fingerprint density at radius 2 is 2.40 bits per heavy atom. The summed E-state index contributed by atoms with van der Waals surface area (Å²) in [4.78, 5) is 20.0.